The lowest BCUT2D eigenvalue weighted by Crippen LogP contribution is -2.45. The Hall–Kier alpha value is -2.56. The number of aliphatic carboxylic acids is 1. The number of carbonyl (C=O) groups excluding carboxylic acids is 1. The van der Waals surface area contributed by atoms with Crippen LogP contribution in [0.2, 0.25) is 0 Å². The van der Waals surface area contributed by atoms with E-state index < -0.39 is 17.4 Å². The van der Waals surface area contributed by atoms with Crippen molar-refractivity contribution >= 4 is 22.6 Å². The lowest BCUT2D eigenvalue weighted by molar-refractivity contribution is -0.143. The molecule has 2 aromatic carbocycles. The zero-order valence-electron chi connectivity index (χ0n) is 11.3. The van der Waals surface area contributed by atoms with Gasteiger partial charge in [-0.3, -0.25) is 4.79 Å². The number of carboxylic acids is 1. The third-order valence-electron chi connectivity index (χ3n) is 3.63. The Morgan fingerprint density at radius 3 is 2.52 bits per heavy atom. The Morgan fingerprint density at radius 1 is 1.14 bits per heavy atom. The smallest absolute Gasteiger partial charge is 0.329 e. The number of nitrogens with one attached hydrogen (secondary N) is 1. The first-order valence-electron chi connectivity index (χ1n) is 6.75. The molecule has 3 rings (SSSR count). The van der Waals surface area contributed by atoms with Gasteiger partial charge in [0.1, 0.15) is 11.3 Å². The second kappa shape index (κ2) is 5.09. The van der Waals surface area contributed by atoms with Crippen molar-refractivity contribution in [3.05, 3.63) is 42.5 Å². The highest BCUT2D eigenvalue weighted by Crippen LogP contribution is 2.35. The van der Waals surface area contributed by atoms with Crippen molar-refractivity contribution in [2.75, 3.05) is 6.61 Å². The largest absolute Gasteiger partial charge is 0.484 e. The van der Waals surface area contributed by atoms with Crippen molar-refractivity contribution < 1.29 is 19.4 Å². The summed E-state index contributed by atoms with van der Waals surface area (Å²) in [7, 11) is 0. The fraction of sp³-hybridized carbons (Fsp3) is 0.250. The Kier molecular flexibility index (Phi) is 3.25. The minimum absolute atomic E-state index is 0.187. The third kappa shape index (κ3) is 2.81. The number of ether oxygens (including phenoxy) is 1. The maximum Gasteiger partial charge on any atom is 0.329 e. The molecule has 108 valence electrons. The van der Waals surface area contributed by atoms with Crippen LogP contribution in [0.15, 0.2) is 42.5 Å². The molecule has 0 unspecified atom stereocenters. The molecular weight excluding hydrogens is 270 g/mol. The van der Waals surface area contributed by atoms with Crippen LogP contribution in [0.25, 0.3) is 10.8 Å². The molecule has 0 bridgehead atoms. The van der Waals surface area contributed by atoms with Crippen LogP contribution in [-0.4, -0.2) is 29.1 Å². The summed E-state index contributed by atoms with van der Waals surface area (Å²) in [6.45, 7) is -0.187. The first-order chi connectivity index (χ1) is 10.1. The predicted molar refractivity (Wildman–Crippen MR) is 77.2 cm³/mol. The molecule has 21 heavy (non-hydrogen) atoms. The maximum atomic E-state index is 11.7. The molecule has 0 aromatic heterocycles. The summed E-state index contributed by atoms with van der Waals surface area (Å²) in [6, 6.07) is 13.4. The van der Waals surface area contributed by atoms with Crippen LogP contribution in [0.5, 0.6) is 5.75 Å². The Morgan fingerprint density at radius 2 is 1.86 bits per heavy atom. The number of benzene rings is 2. The molecule has 0 spiro atoms. The fourth-order valence-corrected chi connectivity index (χ4v) is 2.23. The molecule has 5 heteroatoms. The van der Waals surface area contributed by atoms with Crippen molar-refractivity contribution in [3.63, 3.8) is 0 Å². The van der Waals surface area contributed by atoms with E-state index in [0.717, 1.165) is 10.8 Å². The standard InChI is InChI=1S/C16H15NO4/c18-14(17-16(7-8-16)15(19)20)10-21-13-6-5-11-3-1-2-4-12(11)9-13/h1-6,9H,7-8,10H2,(H,17,18)(H,19,20). The van der Waals surface area contributed by atoms with Gasteiger partial charge in [0.15, 0.2) is 6.61 Å². The van der Waals surface area contributed by atoms with Gasteiger partial charge in [-0.15, -0.1) is 0 Å². The van der Waals surface area contributed by atoms with Crippen molar-refractivity contribution in [3.8, 4) is 5.75 Å². The van der Waals surface area contributed by atoms with E-state index in [0.29, 0.717) is 18.6 Å². The normalized spacial score (nSPS) is 15.4. The van der Waals surface area contributed by atoms with Gasteiger partial charge in [-0.25, -0.2) is 4.79 Å². The summed E-state index contributed by atoms with van der Waals surface area (Å²) in [5.41, 5.74) is -1.07. The van der Waals surface area contributed by atoms with Crippen molar-refractivity contribution in [2.45, 2.75) is 18.4 Å². The summed E-state index contributed by atoms with van der Waals surface area (Å²) >= 11 is 0. The minimum Gasteiger partial charge on any atom is -0.484 e. The van der Waals surface area contributed by atoms with Gasteiger partial charge in [-0.1, -0.05) is 30.3 Å². The Labute approximate surface area is 121 Å². The van der Waals surface area contributed by atoms with E-state index in [2.05, 4.69) is 5.32 Å². The molecule has 0 saturated heterocycles. The van der Waals surface area contributed by atoms with Gasteiger partial charge in [0.2, 0.25) is 0 Å². The maximum absolute atomic E-state index is 11.7. The summed E-state index contributed by atoms with van der Waals surface area (Å²) < 4.78 is 5.42. The number of amides is 1. The predicted octanol–water partition coefficient (Wildman–Crippen LogP) is 1.95. The SMILES string of the molecule is O=C(COc1ccc2ccccc2c1)NC1(C(=O)O)CC1. The number of hydrogen-bond acceptors (Lipinski definition) is 3. The fourth-order valence-electron chi connectivity index (χ4n) is 2.23. The average Bonchev–Trinajstić information content (AvgIpc) is 3.26. The summed E-state index contributed by atoms with van der Waals surface area (Å²) in [4.78, 5) is 22.7. The van der Waals surface area contributed by atoms with Gasteiger partial charge < -0.3 is 15.2 Å². The van der Waals surface area contributed by atoms with E-state index in [1.54, 1.807) is 6.07 Å². The zero-order valence-corrected chi connectivity index (χ0v) is 11.3. The highest BCUT2D eigenvalue weighted by atomic mass is 16.5. The second-order valence-electron chi connectivity index (χ2n) is 5.23. The van der Waals surface area contributed by atoms with Gasteiger partial charge in [0, 0.05) is 0 Å². The van der Waals surface area contributed by atoms with Gasteiger partial charge in [-0.2, -0.15) is 0 Å². The Balaban J connectivity index is 1.61. The molecule has 2 aromatic rings. The molecule has 0 heterocycles. The summed E-state index contributed by atoms with van der Waals surface area (Å²) in [5, 5.41) is 13.6. The summed E-state index contributed by atoms with van der Waals surface area (Å²) in [5.74, 6) is -0.811. The number of carbonyl (C=O) groups is 2. The van der Waals surface area contributed by atoms with E-state index in [1.165, 1.54) is 0 Å². The topological polar surface area (TPSA) is 75.6 Å². The van der Waals surface area contributed by atoms with Crippen LogP contribution in [0, 0.1) is 0 Å². The van der Waals surface area contributed by atoms with E-state index in [9.17, 15) is 9.59 Å². The van der Waals surface area contributed by atoms with Crippen LogP contribution < -0.4 is 10.1 Å². The van der Waals surface area contributed by atoms with Crippen LogP contribution >= 0.6 is 0 Å². The molecule has 2 N–H and O–H groups in total. The first-order valence-corrected chi connectivity index (χ1v) is 6.75. The van der Waals surface area contributed by atoms with E-state index >= 15 is 0 Å². The molecule has 1 fully saturated rings. The molecule has 1 aliphatic carbocycles. The molecule has 0 radical (unpaired) electrons. The van der Waals surface area contributed by atoms with Crippen LogP contribution in [-0.2, 0) is 9.59 Å². The lowest BCUT2D eigenvalue weighted by atomic mass is 10.1. The van der Waals surface area contributed by atoms with Crippen molar-refractivity contribution in [1.29, 1.82) is 0 Å². The van der Waals surface area contributed by atoms with Crippen LogP contribution in [0.1, 0.15) is 12.8 Å². The number of rotatable bonds is 5. The lowest BCUT2D eigenvalue weighted by Gasteiger charge is -2.13. The molecule has 0 atom stereocenters. The van der Waals surface area contributed by atoms with Crippen LogP contribution in [0.3, 0.4) is 0 Å². The molecule has 0 aliphatic heterocycles. The van der Waals surface area contributed by atoms with E-state index in [1.807, 2.05) is 36.4 Å². The second-order valence-corrected chi connectivity index (χ2v) is 5.23. The highest BCUT2D eigenvalue weighted by Gasteiger charge is 2.51. The molecule has 5 nitrogen and oxygen atoms in total. The van der Waals surface area contributed by atoms with Gasteiger partial charge >= 0.3 is 5.97 Å². The first kappa shape index (κ1) is 13.4. The number of carboxylic acid groups (broad SMARTS) is 1. The number of fused-ring (bicyclic) bond motifs is 1. The van der Waals surface area contributed by atoms with Gasteiger partial charge in [0.25, 0.3) is 5.91 Å². The molecule has 1 aliphatic rings. The monoisotopic (exact) mass is 285 g/mol. The zero-order chi connectivity index (χ0) is 14.9. The molecule has 1 saturated carbocycles. The average molecular weight is 285 g/mol. The van der Waals surface area contributed by atoms with E-state index in [-0.39, 0.29) is 6.61 Å². The molecule has 1 amide bonds. The van der Waals surface area contributed by atoms with Crippen molar-refractivity contribution in [2.24, 2.45) is 0 Å². The van der Waals surface area contributed by atoms with Crippen LogP contribution in [0.4, 0.5) is 0 Å². The van der Waals surface area contributed by atoms with Crippen molar-refractivity contribution in [1.82, 2.24) is 5.32 Å². The highest BCUT2D eigenvalue weighted by molar-refractivity contribution is 5.90. The minimum atomic E-state index is -1.07. The Bertz CT molecular complexity index is 706. The third-order valence-corrected chi connectivity index (χ3v) is 3.63. The molecular formula is C16H15NO4. The summed E-state index contributed by atoms with van der Waals surface area (Å²) in [6.07, 6.45) is 0.952. The van der Waals surface area contributed by atoms with E-state index in [4.69, 9.17) is 9.84 Å². The quantitative estimate of drug-likeness (QED) is 0.880. The van der Waals surface area contributed by atoms with Gasteiger partial charge in [0.05, 0.1) is 0 Å². The number of hydrogen-bond donors (Lipinski definition) is 2. The van der Waals surface area contributed by atoms with Gasteiger partial charge in [-0.05, 0) is 35.7 Å².